The van der Waals surface area contributed by atoms with E-state index in [0.717, 1.165) is 16.5 Å². The molecule has 0 unspecified atom stereocenters. The molecule has 0 aliphatic carbocycles. The highest BCUT2D eigenvalue weighted by molar-refractivity contribution is 9.10. The Balaban J connectivity index is 2.38. The Morgan fingerprint density at radius 1 is 1.39 bits per heavy atom. The van der Waals surface area contributed by atoms with E-state index in [1.165, 1.54) is 4.90 Å². The van der Waals surface area contributed by atoms with E-state index in [1.54, 1.807) is 6.92 Å². The number of imide groups is 1. The first-order valence-corrected chi connectivity index (χ1v) is 6.68. The number of hydrogen-bond acceptors (Lipinski definition) is 2. The highest BCUT2D eigenvalue weighted by Crippen LogP contribution is 2.30. The summed E-state index contributed by atoms with van der Waals surface area (Å²) in [5, 5.41) is 2.78. The molecule has 1 N–H and O–H groups in total. The van der Waals surface area contributed by atoms with E-state index in [1.807, 2.05) is 31.2 Å². The lowest BCUT2D eigenvalue weighted by molar-refractivity contribution is -0.131. The van der Waals surface area contributed by atoms with Crippen molar-refractivity contribution < 1.29 is 9.59 Å². The second-order valence-electron chi connectivity index (χ2n) is 4.52. The van der Waals surface area contributed by atoms with Crippen LogP contribution in [0.3, 0.4) is 0 Å². The average Bonchev–Trinajstić information content (AvgIpc) is 2.55. The second-order valence-corrected chi connectivity index (χ2v) is 5.44. The number of nitrogens with zero attached hydrogens (tertiary/aromatic N) is 1. The van der Waals surface area contributed by atoms with E-state index >= 15 is 0 Å². The van der Waals surface area contributed by atoms with Gasteiger partial charge < -0.3 is 5.32 Å². The largest absolute Gasteiger partial charge is 0.325 e. The second kappa shape index (κ2) is 4.72. The van der Waals surface area contributed by atoms with E-state index in [0.29, 0.717) is 6.54 Å². The van der Waals surface area contributed by atoms with Gasteiger partial charge in [-0.1, -0.05) is 35.0 Å². The van der Waals surface area contributed by atoms with Crippen LogP contribution >= 0.6 is 15.9 Å². The predicted octanol–water partition coefficient (Wildman–Crippen LogP) is 2.63. The summed E-state index contributed by atoms with van der Waals surface area (Å²) >= 11 is 3.38. The van der Waals surface area contributed by atoms with Crippen LogP contribution < -0.4 is 5.32 Å². The highest BCUT2D eigenvalue weighted by atomic mass is 79.9. The number of amides is 3. The third kappa shape index (κ3) is 2.03. The molecule has 18 heavy (non-hydrogen) atoms. The molecule has 1 fully saturated rings. The van der Waals surface area contributed by atoms with Crippen molar-refractivity contribution in [3.63, 3.8) is 0 Å². The van der Waals surface area contributed by atoms with Crippen LogP contribution in [0, 0.1) is 0 Å². The maximum atomic E-state index is 12.4. The van der Waals surface area contributed by atoms with Crippen LogP contribution in [0.1, 0.15) is 25.8 Å². The SMILES string of the molecule is CCCN1C(=O)N[C@@](C)(c2cccc(Br)c2)C1=O. The minimum Gasteiger partial charge on any atom is -0.319 e. The first-order chi connectivity index (χ1) is 8.49. The Bertz CT molecular complexity index is 504. The van der Waals surface area contributed by atoms with Gasteiger partial charge in [0, 0.05) is 11.0 Å². The van der Waals surface area contributed by atoms with Gasteiger partial charge in [0.25, 0.3) is 5.91 Å². The van der Waals surface area contributed by atoms with Crippen LogP contribution in [0.2, 0.25) is 0 Å². The number of carbonyl (C=O) groups excluding carboxylic acids is 2. The summed E-state index contributed by atoms with van der Waals surface area (Å²) in [6.45, 7) is 4.13. The Kier molecular flexibility index (Phi) is 3.43. The van der Waals surface area contributed by atoms with Crippen molar-refractivity contribution in [1.82, 2.24) is 10.2 Å². The fraction of sp³-hybridized carbons (Fsp3) is 0.385. The number of rotatable bonds is 3. The molecule has 0 bridgehead atoms. The van der Waals surface area contributed by atoms with Crippen LogP contribution in [0.25, 0.3) is 0 Å². The number of halogens is 1. The zero-order valence-electron chi connectivity index (χ0n) is 10.4. The first kappa shape index (κ1) is 13.1. The Labute approximate surface area is 114 Å². The number of nitrogens with one attached hydrogen (secondary N) is 1. The van der Waals surface area contributed by atoms with Gasteiger partial charge in [0.15, 0.2) is 0 Å². The molecule has 96 valence electrons. The zero-order valence-corrected chi connectivity index (χ0v) is 12.0. The van der Waals surface area contributed by atoms with Crippen LogP contribution in [-0.4, -0.2) is 23.4 Å². The Morgan fingerprint density at radius 2 is 2.11 bits per heavy atom. The number of benzene rings is 1. The number of urea groups is 1. The van der Waals surface area contributed by atoms with Crippen molar-refractivity contribution in [2.24, 2.45) is 0 Å². The predicted molar refractivity (Wildman–Crippen MR) is 72.0 cm³/mol. The number of hydrogen-bond donors (Lipinski definition) is 1. The van der Waals surface area contributed by atoms with Gasteiger partial charge in [0.1, 0.15) is 5.54 Å². The zero-order chi connectivity index (χ0) is 13.3. The lowest BCUT2D eigenvalue weighted by Gasteiger charge is -2.22. The van der Waals surface area contributed by atoms with E-state index in [4.69, 9.17) is 0 Å². The average molecular weight is 311 g/mol. The summed E-state index contributed by atoms with van der Waals surface area (Å²) in [6.07, 6.45) is 0.758. The van der Waals surface area contributed by atoms with Gasteiger partial charge in [0.2, 0.25) is 0 Å². The molecule has 1 heterocycles. The first-order valence-electron chi connectivity index (χ1n) is 5.89. The molecule has 1 saturated heterocycles. The topological polar surface area (TPSA) is 49.4 Å². The standard InChI is InChI=1S/C13H15BrN2O2/c1-3-7-16-11(17)13(2,15-12(16)18)9-5-4-6-10(14)8-9/h4-6,8H,3,7H2,1-2H3,(H,15,18)/t13-/m0/s1. The van der Waals surface area contributed by atoms with Crippen LogP contribution in [-0.2, 0) is 10.3 Å². The monoisotopic (exact) mass is 310 g/mol. The quantitative estimate of drug-likeness (QED) is 0.873. The molecule has 1 aliphatic rings. The molecule has 1 aliphatic heterocycles. The molecule has 0 spiro atoms. The fourth-order valence-corrected chi connectivity index (χ4v) is 2.52. The Morgan fingerprint density at radius 3 is 2.72 bits per heavy atom. The van der Waals surface area contributed by atoms with E-state index in [9.17, 15) is 9.59 Å². The van der Waals surface area contributed by atoms with Gasteiger partial charge in [-0.3, -0.25) is 9.69 Å². The summed E-state index contributed by atoms with van der Waals surface area (Å²) in [5.41, 5.74) is -0.176. The molecular formula is C13H15BrN2O2. The van der Waals surface area contributed by atoms with Crippen molar-refractivity contribution in [1.29, 1.82) is 0 Å². The van der Waals surface area contributed by atoms with Crippen molar-refractivity contribution in [2.45, 2.75) is 25.8 Å². The molecule has 3 amide bonds. The molecule has 5 heteroatoms. The minimum atomic E-state index is -0.962. The smallest absolute Gasteiger partial charge is 0.319 e. The molecule has 1 aromatic carbocycles. The summed E-state index contributed by atoms with van der Waals surface area (Å²) in [4.78, 5) is 25.5. The fourth-order valence-electron chi connectivity index (χ4n) is 2.12. The molecule has 4 nitrogen and oxygen atoms in total. The maximum absolute atomic E-state index is 12.4. The van der Waals surface area contributed by atoms with E-state index < -0.39 is 5.54 Å². The van der Waals surface area contributed by atoms with E-state index in [2.05, 4.69) is 21.2 Å². The molecule has 0 radical (unpaired) electrons. The van der Waals surface area contributed by atoms with Gasteiger partial charge in [-0.15, -0.1) is 0 Å². The maximum Gasteiger partial charge on any atom is 0.325 e. The summed E-state index contributed by atoms with van der Waals surface area (Å²) < 4.78 is 0.886. The number of carbonyl (C=O) groups is 2. The van der Waals surface area contributed by atoms with Gasteiger partial charge in [-0.25, -0.2) is 4.79 Å². The molecule has 2 rings (SSSR count). The van der Waals surface area contributed by atoms with Crippen molar-refractivity contribution in [3.05, 3.63) is 34.3 Å². The van der Waals surface area contributed by atoms with Gasteiger partial charge >= 0.3 is 6.03 Å². The minimum absolute atomic E-state index is 0.188. The van der Waals surface area contributed by atoms with Crippen molar-refractivity contribution >= 4 is 27.9 Å². The summed E-state index contributed by atoms with van der Waals surface area (Å²) in [7, 11) is 0. The molecule has 0 aromatic heterocycles. The summed E-state index contributed by atoms with van der Waals surface area (Å²) in [6, 6.07) is 7.13. The molecule has 0 saturated carbocycles. The van der Waals surface area contributed by atoms with Crippen molar-refractivity contribution in [2.75, 3.05) is 6.54 Å². The van der Waals surface area contributed by atoms with Crippen LogP contribution in [0.5, 0.6) is 0 Å². The highest BCUT2D eigenvalue weighted by Gasteiger charge is 2.48. The lowest BCUT2D eigenvalue weighted by Crippen LogP contribution is -2.41. The van der Waals surface area contributed by atoms with Crippen molar-refractivity contribution in [3.8, 4) is 0 Å². The van der Waals surface area contributed by atoms with Gasteiger partial charge in [-0.05, 0) is 31.0 Å². The third-order valence-electron chi connectivity index (χ3n) is 3.12. The molecule has 1 atom stereocenters. The molecular weight excluding hydrogens is 296 g/mol. The van der Waals surface area contributed by atoms with E-state index in [-0.39, 0.29) is 11.9 Å². The van der Waals surface area contributed by atoms with Crippen LogP contribution in [0.4, 0.5) is 4.79 Å². The van der Waals surface area contributed by atoms with Gasteiger partial charge in [0.05, 0.1) is 0 Å². The van der Waals surface area contributed by atoms with Crippen LogP contribution in [0.15, 0.2) is 28.7 Å². The third-order valence-corrected chi connectivity index (χ3v) is 3.62. The normalized spacial score (nSPS) is 23.4. The van der Waals surface area contributed by atoms with Gasteiger partial charge in [-0.2, -0.15) is 0 Å². The summed E-state index contributed by atoms with van der Waals surface area (Å²) in [5.74, 6) is -0.188. The Hall–Kier alpha value is -1.36. The lowest BCUT2D eigenvalue weighted by atomic mass is 9.92. The molecule has 1 aromatic rings.